The summed E-state index contributed by atoms with van der Waals surface area (Å²) >= 11 is 2.84. The van der Waals surface area contributed by atoms with Crippen LogP contribution < -0.4 is 10.6 Å². The van der Waals surface area contributed by atoms with Gasteiger partial charge in [-0.2, -0.15) is 0 Å². The van der Waals surface area contributed by atoms with Crippen molar-refractivity contribution in [3.8, 4) is 0 Å². The monoisotopic (exact) mass is 396 g/mol. The van der Waals surface area contributed by atoms with Crippen LogP contribution in [-0.4, -0.2) is 46.8 Å². The third-order valence-corrected chi connectivity index (χ3v) is 5.44. The van der Waals surface area contributed by atoms with Crippen molar-refractivity contribution < 1.29 is 19.1 Å². The summed E-state index contributed by atoms with van der Waals surface area (Å²) in [6.07, 6.45) is 0. The van der Waals surface area contributed by atoms with Gasteiger partial charge in [-0.3, -0.25) is 14.9 Å². The van der Waals surface area contributed by atoms with Gasteiger partial charge in [-0.1, -0.05) is 11.8 Å². The molecule has 2 heterocycles. The van der Waals surface area contributed by atoms with Crippen molar-refractivity contribution in [2.45, 2.75) is 32.7 Å². The first-order valence-electron chi connectivity index (χ1n) is 7.92. The molecule has 0 radical (unpaired) electrons. The van der Waals surface area contributed by atoms with Crippen molar-refractivity contribution in [1.29, 1.82) is 0 Å². The normalized spacial score (nSPS) is 10.6. The van der Waals surface area contributed by atoms with E-state index in [-0.39, 0.29) is 5.75 Å². The van der Waals surface area contributed by atoms with Gasteiger partial charge in [0.2, 0.25) is 0 Å². The number of amides is 3. The lowest BCUT2D eigenvalue weighted by Gasteiger charge is -2.07. The maximum Gasteiger partial charge on any atom is 0.321 e. The lowest BCUT2D eigenvalue weighted by molar-refractivity contribution is -0.145. The summed E-state index contributed by atoms with van der Waals surface area (Å²) in [6.45, 7) is 7.44. The molecule has 10 heteroatoms. The molecule has 2 rings (SSSR count). The smallest absolute Gasteiger partial charge is 0.321 e. The van der Waals surface area contributed by atoms with E-state index in [2.05, 4.69) is 20.6 Å². The fraction of sp³-hybridized carbons (Fsp3) is 0.438. The first-order valence-corrected chi connectivity index (χ1v) is 9.72. The second-order valence-corrected chi connectivity index (χ2v) is 7.56. The van der Waals surface area contributed by atoms with Gasteiger partial charge in [0.15, 0.2) is 6.61 Å². The molecule has 8 nitrogen and oxygen atoms in total. The number of nitrogens with zero attached hydrogens (tertiary/aromatic N) is 2. The Balaban J connectivity index is 1.93. The van der Waals surface area contributed by atoms with Crippen molar-refractivity contribution in [3.05, 3.63) is 16.3 Å². The number of hydrogen-bond acceptors (Lipinski definition) is 8. The van der Waals surface area contributed by atoms with Gasteiger partial charge in [-0.15, -0.1) is 11.3 Å². The van der Waals surface area contributed by atoms with Crippen molar-refractivity contribution in [3.63, 3.8) is 0 Å². The van der Waals surface area contributed by atoms with Crippen LogP contribution in [0.15, 0.2) is 5.03 Å². The Bertz CT molecular complexity index is 850. The molecular weight excluding hydrogens is 376 g/mol. The van der Waals surface area contributed by atoms with Crippen molar-refractivity contribution in [2.75, 3.05) is 18.9 Å². The lowest BCUT2D eigenvalue weighted by atomic mass is 10.2. The fourth-order valence-electron chi connectivity index (χ4n) is 2.10. The average molecular weight is 396 g/mol. The van der Waals surface area contributed by atoms with Crippen LogP contribution in [0.3, 0.4) is 0 Å². The van der Waals surface area contributed by atoms with Crippen molar-refractivity contribution in [1.82, 2.24) is 20.6 Å². The van der Waals surface area contributed by atoms with Gasteiger partial charge in [0.1, 0.15) is 15.7 Å². The lowest BCUT2D eigenvalue weighted by Crippen LogP contribution is -2.41. The second-order valence-electron chi connectivity index (χ2n) is 5.40. The number of carbonyl (C=O) groups excluding carboxylic acids is 3. The summed E-state index contributed by atoms with van der Waals surface area (Å²) in [5.74, 6) is -0.598. The molecule has 3 amide bonds. The maximum absolute atomic E-state index is 11.9. The van der Waals surface area contributed by atoms with Crippen LogP contribution in [0.2, 0.25) is 0 Å². The number of urea groups is 1. The first-order chi connectivity index (χ1) is 12.3. The number of thiophene rings is 1. The number of imide groups is 1. The molecule has 140 valence electrons. The number of aryl methyl sites for hydroxylation is 3. The van der Waals surface area contributed by atoms with Crippen LogP contribution in [-0.2, 0) is 14.3 Å². The van der Waals surface area contributed by atoms with Crippen LogP contribution in [0.25, 0.3) is 10.2 Å². The Morgan fingerprint density at radius 3 is 2.62 bits per heavy atom. The molecule has 0 aliphatic rings. The van der Waals surface area contributed by atoms with Crippen LogP contribution in [0.4, 0.5) is 4.79 Å². The van der Waals surface area contributed by atoms with E-state index in [1.165, 1.54) is 11.8 Å². The van der Waals surface area contributed by atoms with E-state index in [9.17, 15) is 14.4 Å². The van der Waals surface area contributed by atoms with E-state index in [0.717, 1.165) is 25.7 Å². The van der Waals surface area contributed by atoms with E-state index < -0.39 is 24.5 Å². The Labute approximate surface area is 159 Å². The molecule has 0 aromatic carbocycles. The Morgan fingerprint density at radius 2 is 1.92 bits per heavy atom. The summed E-state index contributed by atoms with van der Waals surface area (Å²) in [5, 5.41) is 6.14. The minimum atomic E-state index is -0.682. The van der Waals surface area contributed by atoms with Gasteiger partial charge in [0, 0.05) is 16.8 Å². The van der Waals surface area contributed by atoms with Gasteiger partial charge < -0.3 is 10.1 Å². The summed E-state index contributed by atoms with van der Waals surface area (Å²) < 4.78 is 4.89. The van der Waals surface area contributed by atoms with Gasteiger partial charge in [0.05, 0.1) is 5.75 Å². The Kier molecular flexibility index (Phi) is 6.92. The minimum Gasteiger partial charge on any atom is -0.455 e. The molecule has 0 spiro atoms. The summed E-state index contributed by atoms with van der Waals surface area (Å²) in [4.78, 5) is 45.5. The van der Waals surface area contributed by atoms with E-state index >= 15 is 0 Å². The third kappa shape index (κ3) is 5.15. The molecule has 26 heavy (non-hydrogen) atoms. The van der Waals surface area contributed by atoms with Gasteiger partial charge in [-0.05, 0) is 33.3 Å². The number of hydrogen-bond donors (Lipinski definition) is 2. The SMILES string of the molecule is CCNC(=O)NC(=O)COC(=O)CSc1nc(C)nc2sc(C)c(C)c12. The van der Waals surface area contributed by atoms with E-state index in [4.69, 9.17) is 4.74 Å². The number of nitrogens with one attached hydrogen (secondary N) is 2. The molecule has 0 fully saturated rings. The van der Waals surface area contributed by atoms with Gasteiger partial charge in [0.25, 0.3) is 5.91 Å². The van der Waals surface area contributed by atoms with E-state index in [0.29, 0.717) is 12.4 Å². The predicted molar refractivity (Wildman–Crippen MR) is 101 cm³/mol. The highest BCUT2D eigenvalue weighted by atomic mass is 32.2. The largest absolute Gasteiger partial charge is 0.455 e. The molecule has 2 N–H and O–H groups in total. The van der Waals surface area contributed by atoms with Crippen LogP contribution in [0.1, 0.15) is 23.2 Å². The number of ether oxygens (including phenoxy) is 1. The number of esters is 1. The minimum absolute atomic E-state index is 0.00826. The summed E-state index contributed by atoms with van der Waals surface area (Å²) in [6, 6.07) is -0.620. The molecule has 0 aliphatic heterocycles. The zero-order chi connectivity index (χ0) is 19.3. The Hall–Kier alpha value is -2.20. The molecule has 0 atom stereocenters. The summed E-state index contributed by atoms with van der Waals surface area (Å²) in [5.41, 5.74) is 1.10. The van der Waals surface area contributed by atoms with Crippen LogP contribution >= 0.6 is 23.1 Å². The van der Waals surface area contributed by atoms with Gasteiger partial charge in [-0.25, -0.2) is 14.8 Å². The quantitative estimate of drug-likeness (QED) is 0.437. The number of rotatable bonds is 6. The number of carbonyl (C=O) groups is 3. The highest BCUT2D eigenvalue weighted by Gasteiger charge is 2.16. The predicted octanol–water partition coefficient (Wildman–Crippen LogP) is 2.10. The first kappa shape index (κ1) is 20.1. The summed E-state index contributed by atoms with van der Waals surface area (Å²) in [7, 11) is 0. The molecule has 2 aromatic rings. The molecule has 0 saturated heterocycles. The zero-order valence-electron chi connectivity index (χ0n) is 15.0. The Morgan fingerprint density at radius 1 is 1.19 bits per heavy atom. The average Bonchev–Trinajstić information content (AvgIpc) is 2.85. The fourth-order valence-corrected chi connectivity index (χ4v) is 4.17. The second kappa shape index (κ2) is 8.95. The molecule has 0 bridgehead atoms. The molecule has 0 aliphatic carbocycles. The highest BCUT2D eigenvalue weighted by molar-refractivity contribution is 8.00. The molecule has 2 aromatic heterocycles. The molecule has 0 unspecified atom stereocenters. The van der Waals surface area contributed by atoms with E-state index in [1.807, 2.05) is 13.8 Å². The maximum atomic E-state index is 11.9. The topological polar surface area (TPSA) is 110 Å². The third-order valence-electron chi connectivity index (χ3n) is 3.39. The highest BCUT2D eigenvalue weighted by Crippen LogP contribution is 2.35. The van der Waals surface area contributed by atoms with Crippen LogP contribution in [0.5, 0.6) is 0 Å². The number of aromatic nitrogens is 2. The van der Waals surface area contributed by atoms with Crippen molar-refractivity contribution in [2.24, 2.45) is 0 Å². The van der Waals surface area contributed by atoms with E-state index in [1.54, 1.807) is 25.2 Å². The number of thioether (sulfide) groups is 1. The number of fused-ring (bicyclic) bond motifs is 1. The standard InChI is InChI=1S/C16H20N4O4S2/c1-5-17-16(23)20-11(21)6-24-12(22)7-25-14-13-8(2)9(3)26-15(13)19-10(4)18-14/h5-7H2,1-4H3,(H2,17,20,21,23). The molecular formula is C16H20N4O4S2. The zero-order valence-corrected chi connectivity index (χ0v) is 16.6. The van der Waals surface area contributed by atoms with Gasteiger partial charge >= 0.3 is 12.0 Å². The molecule has 0 saturated carbocycles. The van der Waals surface area contributed by atoms with Crippen molar-refractivity contribution >= 4 is 51.2 Å². The van der Waals surface area contributed by atoms with Crippen LogP contribution in [0, 0.1) is 20.8 Å².